The van der Waals surface area contributed by atoms with Crippen molar-refractivity contribution in [2.24, 2.45) is 0 Å². The van der Waals surface area contributed by atoms with Crippen molar-refractivity contribution in [2.75, 3.05) is 0 Å². The van der Waals surface area contributed by atoms with Crippen LogP contribution in [-0.4, -0.2) is 24.4 Å². The van der Waals surface area contributed by atoms with Crippen LogP contribution in [0.4, 0.5) is 0 Å². The third-order valence-corrected chi connectivity index (χ3v) is 2.28. The predicted octanol–water partition coefficient (Wildman–Crippen LogP) is 3.78. The van der Waals surface area contributed by atoms with E-state index in [9.17, 15) is 0 Å². The predicted molar refractivity (Wildman–Crippen MR) is 65.2 cm³/mol. The summed E-state index contributed by atoms with van der Waals surface area (Å²) >= 11 is 0. The molecule has 0 rings (SSSR count). The van der Waals surface area contributed by atoms with E-state index >= 15 is 0 Å². The van der Waals surface area contributed by atoms with Crippen LogP contribution in [0.5, 0.6) is 0 Å². The fraction of sp³-hybridized carbons (Fsp3) is 1.00. The Kier molecular flexibility index (Phi) is 8.07. The van der Waals surface area contributed by atoms with Crippen molar-refractivity contribution >= 4 is 0 Å². The summed E-state index contributed by atoms with van der Waals surface area (Å²) < 4.78 is 11.8. The highest BCUT2D eigenvalue weighted by Gasteiger charge is 2.22. The molecule has 0 aromatic rings. The second-order valence-corrected chi connectivity index (χ2v) is 4.64. The van der Waals surface area contributed by atoms with E-state index in [4.69, 9.17) is 9.47 Å². The molecule has 0 fully saturated rings. The van der Waals surface area contributed by atoms with Crippen molar-refractivity contribution in [2.45, 2.75) is 85.2 Å². The highest BCUT2D eigenvalue weighted by molar-refractivity contribution is 4.71. The molecule has 0 aliphatic heterocycles. The van der Waals surface area contributed by atoms with Crippen LogP contribution in [0.2, 0.25) is 0 Å². The van der Waals surface area contributed by atoms with E-state index in [0.29, 0.717) is 0 Å². The van der Waals surface area contributed by atoms with Crippen molar-refractivity contribution < 1.29 is 9.47 Å². The fourth-order valence-corrected chi connectivity index (χ4v) is 1.77. The molecule has 0 saturated carbocycles. The Morgan fingerprint density at radius 3 is 1.60 bits per heavy atom. The summed E-state index contributed by atoms with van der Waals surface area (Å²) in [5, 5.41) is 0. The smallest absolute Gasteiger partial charge is 0.0840 e. The molecule has 0 radical (unpaired) electrons. The zero-order valence-corrected chi connectivity index (χ0v) is 11.2. The maximum Gasteiger partial charge on any atom is 0.0840 e. The minimum atomic E-state index is 0.243. The molecule has 15 heavy (non-hydrogen) atoms. The molecule has 0 aromatic carbocycles. The topological polar surface area (TPSA) is 18.5 Å². The molecule has 92 valence electrons. The molecule has 0 saturated heterocycles. The Morgan fingerprint density at radius 1 is 0.800 bits per heavy atom. The van der Waals surface area contributed by atoms with E-state index in [1.165, 1.54) is 0 Å². The molecule has 0 spiro atoms. The zero-order valence-electron chi connectivity index (χ0n) is 11.2. The monoisotopic (exact) mass is 216 g/mol. The quantitative estimate of drug-likeness (QED) is 0.614. The first-order valence-electron chi connectivity index (χ1n) is 6.32. The molecule has 0 amide bonds. The molecule has 2 atom stereocenters. The van der Waals surface area contributed by atoms with Gasteiger partial charge in [0.1, 0.15) is 0 Å². The van der Waals surface area contributed by atoms with Gasteiger partial charge >= 0.3 is 0 Å². The zero-order chi connectivity index (χ0) is 11.8. The van der Waals surface area contributed by atoms with Gasteiger partial charge in [-0.25, -0.2) is 0 Å². The van der Waals surface area contributed by atoms with Gasteiger partial charge in [-0.3, -0.25) is 0 Å². The second kappa shape index (κ2) is 8.12. The number of hydrogen-bond acceptors (Lipinski definition) is 2. The van der Waals surface area contributed by atoms with E-state index in [-0.39, 0.29) is 24.4 Å². The van der Waals surface area contributed by atoms with Crippen LogP contribution < -0.4 is 0 Å². The SMILES string of the molecule is CCCC(OC(C)C)C(CC)OC(C)C. The summed E-state index contributed by atoms with van der Waals surface area (Å²) in [6, 6.07) is 0. The lowest BCUT2D eigenvalue weighted by Crippen LogP contribution is -2.35. The van der Waals surface area contributed by atoms with E-state index < -0.39 is 0 Å². The van der Waals surface area contributed by atoms with E-state index in [1.807, 2.05) is 0 Å². The fourth-order valence-electron chi connectivity index (χ4n) is 1.77. The lowest BCUT2D eigenvalue weighted by atomic mass is 10.1. The molecule has 0 heterocycles. The minimum Gasteiger partial charge on any atom is -0.373 e. The van der Waals surface area contributed by atoms with Crippen molar-refractivity contribution in [3.8, 4) is 0 Å². The van der Waals surface area contributed by atoms with Crippen LogP contribution in [0.3, 0.4) is 0 Å². The summed E-state index contributed by atoms with van der Waals surface area (Å²) in [6.45, 7) is 12.7. The number of ether oxygens (including phenoxy) is 2. The minimum absolute atomic E-state index is 0.243. The Balaban J connectivity index is 4.25. The highest BCUT2D eigenvalue weighted by Crippen LogP contribution is 2.17. The number of rotatable bonds is 8. The van der Waals surface area contributed by atoms with E-state index in [2.05, 4.69) is 41.5 Å². The Morgan fingerprint density at radius 2 is 1.27 bits per heavy atom. The van der Waals surface area contributed by atoms with Crippen molar-refractivity contribution in [3.63, 3.8) is 0 Å². The van der Waals surface area contributed by atoms with Crippen LogP contribution in [-0.2, 0) is 9.47 Å². The van der Waals surface area contributed by atoms with E-state index in [1.54, 1.807) is 0 Å². The van der Waals surface area contributed by atoms with Gasteiger partial charge in [0.05, 0.1) is 24.4 Å². The van der Waals surface area contributed by atoms with E-state index in [0.717, 1.165) is 19.3 Å². The highest BCUT2D eigenvalue weighted by atomic mass is 16.5. The Labute approximate surface area is 95.3 Å². The molecular weight excluding hydrogens is 188 g/mol. The molecule has 2 heteroatoms. The maximum atomic E-state index is 5.92. The summed E-state index contributed by atoms with van der Waals surface area (Å²) in [4.78, 5) is 0. The molecule has 0 aliphatic rings. The molecule has 2 nitrogen and oxygen atoms in total. The average molecular weight is 216 g/mol. The van der Waals surface area contributed by atoms with Gasteiger partial charge in [-0.05, 0) is 40.5 Å². The van der Waals surface area contributed by atoms with Gasteiger partial charge < -0.3 is 9.47 Å². The van der Waals surface area contributed by atoms with Gasteiger partial charge in [0.15, 0.2) is 0 Å². The third-order valence-electron chi connectivity index (χ3n) is 2.28. The lowest BCUT2D eigenvalue weighted by Gasteiger charge is -2.29. The van der Waals surface area contributed by atoms with Crippen LogP contribution >= 0.6 is 0 Å². The van der Waals surface area contributed by atoms with Gasteiger partial charge in [-0.2, -0.15) is 0 Å². The summed E-state index contributed by atoms with van der Waals surface area (Å²) in [7, 11) is 0. The third kappa shape index (κ3) is 6.91. The first kappa shape index (κ1) is 14.9. The Bertz CT molecular complexity index is 143. The van der Waals surface area contributed by atoms with Crippen LogP contribution in [0.15, 0.2) is 0 Å². The summed E-state index contributed by atoms with van der Waals surface area (Å²) in [6.07, 6.45) is 4.32. The Hall–Kier alpha value is -0.0800. The second-order valence-electron chi connectivity index (χ2n) is 4.64. The van der Waals surface area contributed by atoms with Crippen molar-refractivity contribution in [1.29, 1.82) is 0 Å². The molecule has 0 aromatic heterocycles. The van der Waals surface area contributed by atoms with Crippen molar-refractivity contribution in [3.05, 3.63) is 0 Å². The summed E-state index contributed by atoms with van der Waals surface area (Å²) in [5.41, 5.74) is 0. The molecule has 0 aliphatic carbocycles. The van der Waals surface area contributed by atoms with Gasteiger partial charge in [-0.15, -0.1) is 0 Å². The molecular formula is C13H28O2. The van der Waals surface area contributed by atoms with Gasteiger partial charge in [0, 0.05) is 0 Å². The average Bonchev–Trinajstić information content (AvgIpc) is 2.12. The normalized spacial score (nSPS) is 16.0. The lowest BCUT2D eigenvalue weighted by molar-refractivity contribution is -0.113. The largest absolute Gasteiger partial charge is 0.373 e. The van der Waals surface area contributed by atoms with Crippen LogP contribution in [0.1, 0.15) is 60.8 Å². The van der Waals surface area contributed by atoms with Crippen LogP contribution in [0, 0.1) is 0 Å². The van der Waals surface area contributed by atoms with Gasteiger partial charge in [0.25, 0.3) is 0 Å². The van der Waals surface area contributed by atoms with Gasteiger partial charge in [0.2, 0.25) is 0 Å². The van der Waals surface area contributed by atoms with Crippen molar-refractivity contribution in [1.82, 2.24) is 0 Å². The van der Waals surface area contributed by atoms with Crippen LogP contribution in [0.25, 0.3) is 0 Å². The standard InChI is InChI=1S/C13H28O2/c1-7-9-13(15-11(5)6)12(8-2)14-10(3)4/h10-13H,7-9H2,1-6H3. The molecule has 0 N–H and O–H groups in total. The molecule has 2 unspecified atom stereocenters. The van der Waals surface area contributed by atoms with Gasteiger partial charge in [-0.1, -0.05) is 20.3 Å². The number of hydrogen-bond donors (Lipinski definition) is 0. The maximum absolute atomic E-state index is 5.92. The molecule has 0 bridgehead atoms. The first-order chi connectivity index (χ1) is 7.01. The first-order valence-corrected chi connectivity index (χ1v) is 6.32. The summed E-state index contributed by atoms with van der Waals surface area (Å²) in [5.74, 6) is 0.